The van der Waals surface area contributed by atoms with Gasteiger partial charge >= 0.3 is 0 Å². The van der Waals surface area contributed by atoms with E-state index in [1.165, 1.54) is 19.3 Å². The lowest BCUT2D eigenvalue weighted by atomic mass is 9.55. The molecule has 0 aromatic rings. The molecule has 1 aliphatic rings. The quantitative estimate of drug-likeness (QED) is 0.645. The molecule has 92 valence electrons. The Morgan fingerprint density at radius 1 is 1.38 bits per heavy atom. The molecule has 0 aromatic heterocycles. The van der Waals surface area contributed by atoms with Gasteiger partial charge in [0.1, 0.15) is 5.78 Å². The first-order valence-electron chi connectivity index (χ1n) is 6.45. The maximum absolute atomic E-state index is 11.2. The molecule has 2 unspecified atom stereocenters. The van der Waals surface area contributed by atoms with Gasteiger partial charge in [0.15, 0.2) is 0 Å². The van der Waals surface area contributed by atoms with Crippen molar-refractivity contribution < 1.29 is 4.79 Å². The predicted octanol–water partition coefficient (Wildman–Crippen LogP) is 4.37. The second-order valence-corrected chi connectivity index (χ2v) is 6.35. The number of ketones is 1. The highest BCUT2D eigenvalue weighted by atomic mass is 16.1. The first-order chi connectivity index (χ1) is 7.32. The third-order valence-electron chi connectivity index (χ3n) is 4.53. The van der Waals surface area contributed by atoms with Crippen molar-refractivity contribution in [2.75, 3.05) is 0 Å². The van der Waals surface area contributed by atoms with Crippen LogP contribution in [-0.4, -0.2) is 5.78 Å². The summed E-state index contributed by atoms with van der Waals surface area (Å²) in [6.45, 7) is 12.7. The van der Waals surface area contributed by atoms with Crippen LogP contribution in [0.2, 0.25) is 0 Å². The Morgan fingerprint density at radius 2 is 2.00 bits per heavy atom. The highest BCUT2D eigenvalue weighted by Gasteiger charge is 2.44. The summed E-state index contributed by atoms with van der Waals surface area (Å²) in [6, 6.07) is 0. The minimum absolute atomic E-state index is 0.219. The molecule has 0 N–H and O–H groups in total. The highest BCUT2D eigenvalue weighted by Crippen LogP contribution is 2.53. The van der Waals surface area contributed by atoms with E-state index in [-0.39, 0.29) is 5.41 Å². The minimum atomic E-state index is 0.219. The van der Waals surface area contributed by atoms with Crippen molar-refractivity contribution >= 4 is 5.78 Å². The fourth-order valence-corrected chi connectivity index (χ4v) is 3.48. The van der Waals surface area contributed by atoms with Crippen LogP contribution in [0.4, 0.5) is 0 Å². The van der Waals surface area contributed by atoms with Gasteiger partial charge in [0.25, 0.3) is 0 Å². The largest absolute Gasteiger partial charge is 0.300 e. The van der Waals surface area contributed by atoms with Gasteiger partial charge < -0.3 is 4.79 Å². The molecule has 0 radical (unpaired) electrons. The highest BCUT2D eigenvalue weighted by molar-refractivity contribution is 5.75. The lowest BCUT2D eigenvalue weighted by molar-refractivity contribution is -0.117. The summed E-state index contributed by atoms with van der Waals surface area (Å²) < 4.78 is 0. The summed E-state index contributed by atoms with van der Waals surface area (Å²) >= 11 is 0. The Bertz CT molecular complexity index is 277. The minimum Gasteiger partial charge on any atom is -0.300 e. The Balaban J connectivity index is 2.84. The Kier molecular flexibility index (Phi) is 3.98. The average Bonchev–Trinajstić information content (AvgIpc) is 2.15. The summed E-state index contributed by atoms with van der Waals surface area (Å²) in [5.74, 6) is 0.905. The molecule has 1 aliphatic carbocycles. The Hall–Kier alpha value is -0.590. The lowest BCUT2D eigenvalue weighted by Gasteiger charge is -2.50. The van der Waals surface area contributed by atoms with Crippen LogP contribution in [-0.2, 0) is 4.79 Å². The van der Waals surface area contributed by atoms with Gasteiger partial charge in [0.2, 0.25) is 0 Å². The molecule has 0 aliphatic heterocycles. The fraction of sp³-hybridized carbons (Fsp3) is 0.800. The average molecular weight is 222 g/mol. The summed E-state index contributed by atoms with van der Waals surface area (Å²) in [5.41, 5.74) is 0.563. The van der Waals surface area contributed by atoms with Gasteiger partial charge in [-0.3, -0.25) is 0 Å². The molecule has 0 bridgehead atoms. The zero-order valence-corrected chi connectivity index (χ0v) is 11.3. The number of hydrogen-bond donors (Lipinski definition) is 0. The van der Waals surface area contributed by atoms with Gasteiger partial charge in [-0.25, -0.2) is 0 Å². The fourth-order valence-electron chi connectivity index (χ4n) is 3.48. The molecule has 1 fully saturated rings. The molecule has 2 atom stereocenters. The van der Waals surface area contributed by atoms with Gasteiger partial charge in [0.05, 0.1) is 0 Å². The van der Waals surface area contributed by atoms with E-state index in [0.29, 0.717) is 17.1 Å². The van der Waals surface area contributed by atoms with Crippen LogP contribution in [0.1, 0.15) is 59.8 Å². The second-order valence-electron chi connectivity index (χ2n) is 6.35. The van der Waals surface area contributed by atoms with E-state index < -0.39 is 0 Å². The molecule has 1 heteroatoms. The molecule has 0 spiro atoms. The first kappa shape index (κ1) is 13.5. The number of allylic oxidation sites excluding steroid dienone is 1. The van der Waals surface area contributed by atoms with Crippen LogP contribution < -0.4 is 0 Å². The summed E-state index contributed by atoms with van der Waals surface area (Å²) in [6.07, 6.45) is 7.65. The molecule has 0 amide bonds. The van der Waals surface area contributed by atoms with Crippen molar-refractivity contribution in [3.8, 4) is 0 Å². The van der Waals surface area contributed by atoms with E-state index >= 15 is 0 Å². The van der Waals surface area contributed by atoms with Crippen LogP contribution in [0.5, 0.6) is 0 Å². The molecule has 0 heterocycles. The summed E-state index contributed by atoms with van der Waals surface area (Å²) in [4.78, 5) is 11.2. The molecule has 1 rings (SSSR count). The Morgan fingerprint density at radius 3 is 2.50 bits per heavy atom. The molecule has 1 saturated carbocycles. The SMILES string of the molecule is C=CC1(C)CCCC(C)(C)C1CCC(C)=O. The third-order valence-corrected chi connectivity index (χ3v) is 4.53. The van der Waals surface area contributed by atoms with Crippen LogP contribution >= 0.6 is 0 Å². The maximum atomic E-state index is 11.2. The van der Waals surface area contributed by atoms with Crippen molar-refractivity contribution in [1.82, 2.24) is 0 Å². The molecule has 0 saturated heterocycles. The van der Waals surface area contributed by atoms with E-state index in [4.69, 9.17) is 0 Å². The van der Waals surface area contributed by atoms with Crippen molar-refractivity contribution in [3.05, 3.63) is 12.7 Å². The van der Waals surface area contributed by atoms with Crippen molar-refractivity contribution in [2.45, 2.75) is 59.8 Å². The molecular formula is C15H26O. The van der Waals surface area contributed by atoms with Gasteiger partial charge in [-0.1, -0.05) is 33.3 Å². The first-order valence-corrected chi connectivity index (χ1v) is 6.45. The topological polar surface area (TPSA) is 17.1 Å². The zero-order chi connectivity index (χ0) is 12.4. The van der Waals surface area contributed by atoms with Crippen molar-refractivity contribution in [2.24, 2.45) is 16.7 Å². The molecule has 0 aromatic carbocycles. The normalized spacial score (nSPS) is 33.4. The van der Waals surface area contributed by atoms with Crippen LogP contribution in [0.3, 0.4) is 0 Å². The van der Waals surface area contributed by atoms with Gasteiger partial charge in [-0.05, 0) is 42.9 Å². The van der Waals surface area contributed by atoms with E-state index in [1.54, 1.807) is 6.92 Å². The number of Topliss-reactive ketones (excluding diaryl/α,β-unsaturated/α-hetero) is 1. The molecular weight excluding hydrogens is 196 g/mol. The lowest BCUT2D eigenvalue weighted by Crippen LogP contribution is -2.41. The number of carbonyl (C=O) groups is 1. The van der Waals surface area contributed by atoms with Gasteiger partial charge in [0, 0.05) is 6.42 Å². The van der Waals surface area contributed by atoms with Crippen LogP contribution in [0, 0.1) is 16.7 Å². The maximum Gasteiger partial charge on any atom is 0.129 e. The summed E-state index contributed by atoms with van der Waals surface area (Å²) in [5, 5.41) is 0. The zero-order valence-electron chi connectivity index (χ0n) is 11.3. The van der Waals surface area contributed by atoms with Gasteiger partial charge in [-0.15, -0.1) is 6.58 Å². The Labute approximate surface area is 100 Å². The predicted molar refractivity (Wildman–Crippen MR) is 69.3 cm³/mol. The molecule has 16 heavy (non-hydrogen) atoms. The second kappa shape index (κ2) is 4.73. The molecule has 1 nitrogen and oxygen atoms in total. The van der Waals surface area contributed by atoms with Crippen LogP contribution in [0.25, 0.3) is 0 Å². The number of carbonyl (C=O) groups excluding carboxylic acids is 1. The van der Waals surface area contributed by atoms with Crippen molar-refractivity contribution in [1.29, 1.82) is 0 Å². The summed E-state index contributed by atoms with van der Waals surface area (Å²) in [7, 11) is 0. The van der Waals surface area contributed by atoms with Gasteiger partial charge in [-0.2, -0.15) is 0 Å². The smallest absolute Gasteiger partial charge is 0.129 e. The standard InChI is InChI=1S/C15H26O/c1-6-15(5)11-7-10-14(3,4)13(15)9-8-12(2)16/h6,13H,1,7-11H2,2-5H3. The number of hydrogen-bond acceptors (Lipinski definition) is 1. The van der Waals surface area contributed by atoms with E-state index in [0.717, 1.165) is 12.8 Å². The number of rotatable bonds is 4. The monoisotopic (exact) mass is 222 g/mol. The van der Waals surface area contributed by atoms with E-state index in [9.17, 15) is 4.79 Å². The third kappa shape index (κ3) is 2.75. The van der Waals surface area contributed by atoms with E-state index in [1.807, 2.05) is 0 Å². The van der Waals surface area contributed by atoms with Crippen LogP contribution in [0.15, 0.2) is 12.7 Å². The van der Waals surface area contributed by atoms with E-state index in [2.05, 4.69) is 33.4 Å². The van der Waals surface area contributed by atoms with Crippen molar-refractivity contribution in [3.63, 3.8) is 0 Å².